The molecule has 0 N–H and O–H groups in total. The summed E-state index contributed by atoms with van der Waals surface area (Å²) in [5, 5.41) is 0. The molecule has 0 aliphatic carbocycles. The zero-order valence-electron chi connectivity index (χ0n) is 24.9. The first-order valence-electron chi connectivity index (χ1n) is 14.7. The number of aryl methyl sites for hydroxylation is 2. The summed E-state index contributed by atoms with van der Waals surface area (Å²) in [5.74, 6) is 5.05. The Bertz CT molecular complexity index is 1710. The average Bonchev–Trinajstić information content (AvgIpc) is 3.61. The van der Waals surface area contributed by atoms with Crippen LogP contribution in [0.15, 0.2) is 91.0 Å². The smallest absolute Gasteiger partial charge is 0.497 e. The van der Waals surface area contributed by atoms with Gasteiger partial charge in [-0.15, -0.1) is 42.0 Å². The molecule has 0 saturated heterocycles. The van der Waals surface area contributed by atoms with Gasteiger partial charge in [0.15, 0.2) is 0 Å². The van der Waals surface area contributed by atoms with Crippen molar-refractivity contribution in [2.24, 2.45) is 0 Å². The average molecular weight is 748 g/mol. The van der Waals surface area contributed by atoms with Crippen LogP contribution in [-0.2, 0) is 34.2 Å². The minimum absolute atomic E-state index is 0. The topological polar surface area (TPSA) is 44.9 Å². The molecule has 0 bridgehead atoms. The van der Waals surface area contributed by atoms with Gasteiger partial charge in [-0.05, 0) is 49.2 Å². The largest absolute Gasteiger partial charge is 2.00 e. The second kappa shape index (κ2) is 15.4. The van der Waals surface area contributed by atoms with Gasteiger partial charge in [0, 0.05) is 13.1 Å². The standard InChI is InChI=1S/C28H29N4.C9H7O.Pt/c1-3-5-18-31-25-16-9-7-14-23(25)29-27(31)21-12-11-13-22(20-21)28-30-24-15-8-10-17-26(24)32(28)19-6-4-2;1-3-8-4-6-9(10-2)7-5-8;/h7-17H,3-6,18-19H2,1-2H3;4-7H,2H3;/q2*-1;+2. The maximum atomic E-state index is 6.78. The predicted octanol–water partition coefficient (Wildman–Crippen LogP) is 8.75. The molecule has 2 heterocycles. The normalized spacial score (nSPS) is 10.6. The van der Waals surface area contributed by atoms with E-state index in [-0.39, 0.29) is 21.1 Å². The van der Waals surface area contributed by atoms with Crippen LogP contribution in [0.3, 0.4) is 0 Å². The van der Waals surface area contributed by atoms with Gasteiger partial charge >= 0.3 is 21.1 Å². The molecule has 0 fully saturated rings. The van der Waals surface area contributed by atoms with E-state index in [1.165, 1.54) is 11.0 Å². The van der Waals surface area contributed by atoms with E-state index in [4.69, 9.17) is 21.1 Å². The van der Waals surface area contributed by atoms with Crippen molar-refractivity contribution in [3.8, 4) is 34.4 Å². The van der Waals surface area contributed by atoms with Gasteiger partial charge in [-0.2, -0.15) is 0 Å². The fourth-order valence-corrected chi connectivity index (χ4v) is 5.05. The number of para-hydroxylation sites is 4. The molecular weight excluding hydrogens is 712 g/mol. The van der Waals surface area contributed by atoms with Gasteiger partial charge in [0.25, 0.3) is 0 Å². The van der Waals surface area contributed by atoms with Crippen LogP contribution in [0.2, 0.25) is 0 Å². The summed E-state index contributed by atoms with van der Waals surface area (Å²) >= 11 is 0. The Balaban J connectivity index is 0.000000329. The first-order chi connectivity index (χ1) is 20.7. The van der Waals surface area contributed by atoms with Gasteiger partial charge in [-0.3, -0.25) is 15.9 Å². The van der Waals surface area contributed by atoms with Crippen LogP contribution in [0.4, 0.5) is 0 Å². The molecule has 0 saturated carbocycles. The number of benzene rings is 4. The third-order valence-corrected chi connectivity index (χ3v) is 7.29. The number of aromatic nitrogens is 4. The van der Waals surface area contributed by atoms with Gasteiger partial charge in [-0.25, -0.2) is 0 Å². The molecule has 2 aromatic heterocycles. The van der Waals surface area contributed by atoms with Crippen LogP contribution in [0, 0.1) is 18.4 Å². The van der Waals surface area contributed by atoms with E-state index in [1.54, 1.807) is 31.4 Å². The van der Waals surface area contributed by atoms with Crippen LogP contribution in [0.1, 0.15) is 45.1 Å². The Morgan fingerprint density at radius 3 is 1.63 bits per heavy atom. The first-order valence-corrected chi connectivity index (χ1v) is 14.7. The van der Waals surface area contributed by atoms with Gasteiger partial charge in [0.1, 0.15) is 5.75 Å². The Morgan fingerprint density at radius 1 is 0.698 bits per heavy atom. The Kier molecular flexibility index (Phi) is 11.4. The van der Waals surface area contributed by atoms with Gasteiger partial charge in [-0.1, -0.05) is 62.1 Å². The number of fused-ring (bicyclic) bond motifs is 2. The van der Waals surface area contributed by atoms with Crippen molar-refractivity contribution in [2.45, 2.75) is 52.6 Å². The van der Waals surface area contributed by atoms with Gasteiger partial charge in [0.05, 0.1) is 40.8 Å². The third kappa shape index (κ3) is 7.27. The molecule has 6 rings (SSSR count). The van der Waals surface area contributed by atoms with Crippen LogP contribution < -0.4 is 4.74 Å². The predicted molar refractivity (Wildman–Crippen MR) is 172 cm³/mol. The molecule has 6 aromatic rings. The summed E-state index contributed by atoms with van der Waals surface area (Å²) in [6.07, 6.45) is 11.3. The monoisotopic (exact) mass is 747 g/mol. The van der Waals surface area contributed by atoms with Crippen molar-refractivity contribution in [3.05, 3.63) is 109 Å². The van der Waals surface area contributed by atoms with Crippen LogP contribution in [0.25, 0.3) is 44.8 Å². The molecule has 0 spiro atoms. The first kappa shape index (κ1) is 31.8. The van der Waals surface area contributed by atoms with Gasteiger partial charge in [0.2, 0.25) is 0 Å². The molecule has 0 aliphatic rings. The summed E-state index contributed by atoms with van der Waals surface area (Å²) in [7, 11) is 1.61. The molecule has 0 amide bonds. The summed E-state index contributed by atoms with van der Waals surface area (Å²) in [4.78, 5) is 9.98. The number of unbranched alkanes of at least 4 members (excludes halogenated alkanes) is 2. The van der Waals surface area contributed by atoms with Crippen molar-refractivity contribution in [1.82, 2.24) is 19.1 Å². The maximum absolute atomic E-state index is 6.78. The van der Waals surface area contributed by atoms with E-state index in [0.717, 1.165) is 83.9 Å². The number of methoxy groups -OCH3 is 1. The Labute approximate surface area is 269 Å². The number of nitrogens with zero attached hydrogens (tertiary/aromatic N) is 4. The second-order valence-corrected chi connectivity index (χ2v) is 10.2. The van der Waals surface area contributed by atoms with Crippen LogP contribution in [0.5, 0.6) is 5.75 Å². The second-order valence-electron chi connectivity index (χ2n) is 10.2. The quantitative estimate of drug-likeness (QED) is 0.110. The van der Waals surface area contributed by atoms with E-state index >= 15 is 0 Å². The molecule has 0 radical (unpaired) electrons. The fraction of sp³-hybridized carbons (Fsp3) is 0.243. The van der Waals surface area contributed by atoms with Crippen molar-refractivity contribution < 1.29 is 25.8 Å². The van der Waals surface area contributed by atoms with E-state index in [1.807, 2.05) is 0 Å². The number of hydrogen-bond acceptors (Lipinski definition) is 3. The maximum Gasteiger partial charge on any atom is 2.00 e. The molecule has 4 aromatic carbocycles. The van der Waals surface area contributed by atoms with E-state index in [9.17, 15) is 0 Å². The van der Waals surface area contributed by atoms with Crippen LogP contribution >= 0.6 is 0 Å². The zero-order valence-corrected chi connectivity index (χ0v) is 27.2. The SMILES string of the molecule is CCCCn1c(-c2[c-]c(-c3nc4ccccc4n3CCCC)ccc2)nc2ccccc21.[C-]#Cc1ccc(OC)cc1.[Pt+2]. The van der Waals surface area contributed by atoms with E-state index < -0.39 is 0 Å². The Morgan fingerprint density at radius 2 is 1.19 bits per heavy atom. The molecular formula is C37H36N4OPt. The third-order valence-electron chi connectivity index (χ3n) is 7.29. The number of ether oxygens (including phenoxy) is 1. The van der Waals surface area contributed by atoms with Crippen molar-refractivity contribution in [2.75, 3.05) is 7.11 Å². The molecule has 0 atom stereocenters. The molecule has 5 nitrogen and oxygen atoms in total. The summed E-state index contributed by atoms with van der Waals surface area (Å²) in [6.45, 7) is 6.37. The summed E-state index contributed by atoms with van der Waals surface area (Å²) < 4.78 is 9.61. The minimum atomic E-state index is 0. The molecule has 0 aliphatic heterocycles. The molecule has 6 heteroatoms. The number of hydrogen-bond donors (Lipinski definition) is 0. The van der Waals surface area contributed by atoms with Crippen molar-refractivity contribution >= 4 is 22.1 Å². The van der Waals surface area contributed by atoms with Crippen LogP contribution in [-0.4, -0.2) is 26.2 Å². The number of imidazole rings is 2. The van der Waals surface area contributed by atoms with Crippen molar-refractivity contribution in [1.29, 1.82) is 0 Å². The fourth-order valence-electron chi connectivity index (χ4n) is 5.05. The zero-order chi connectivity index (χ0) is 29.3. The minimum Gasteiger partial charge on any atom is -0.497 e. The molecule has 0 unspecified atom stereocenters. The molecule has 43 heavy (non-hydrogen) atoms. The van der Waals surface area contributed by atoms with Gasteiger partial charge < -0.3 is 20.3 Å². The summed E-state index contributed by atoms with van der Waals surface area (Å²) in [6, 6.07) is 34.0. The van der Waals surface area contributed by atoms with E-state index in [2.05, 4.69) is 102 Å². The van der Waals surface area contributed by atoms with Crippen molar-refractivity contribution in [3.63, 3.8) is 0 Å². The van der Waals surface area contributed by atoms with E-state index in [0.29, 0.717) is 0 Å². The molecule has 220 valence electrons. The Hall–Kier alpha value is -4.13. The summed E-state index contributed by atoms with van der Waals surface area (Å²) in [5.41, 5.74) is 7.24. The number of rotatable bonds is 9.